The Morgan fingerprint density at radius 3 is 2.96 bits per heavy atom. The number of esters is 1. The molecule has 2 atom stereocenters. The van der Waals surface area contributed by atoms with Crippen molar-refractivity contribution < 1.29 is 14.3 Å². The van der Waals surface area contributed by atoms with E-state index in [1.807, 2.05) is 0 Å². The van der Waals surface area contributed by atoms with Crippen LogP contribution in [0.2, 0.25) is 0 Å². The molecule has 1 aromatic heterocycles. The Hall–Kier alpha value is -1.71. The van der Waals surface area contributed by atoms with Crippen molar-refractivity contribution >= 4 is 41.2 Å². The van der Waals surface area contributed by atoms with E-state index >= 15 is 0 Å². The SMILES string of the molecule is CC(C)OC(=O)C1=C(C=Cc2csnn2)CS[C@H]2C(N)C(=O)N12. The highest BCUT2D eigenvalue weighted by Crippen LogP contribution is 2.40. The molecule has 23 heavy (non-hydrogen) atoms. The third-order valence-electron chi connectivity index (χ3n) is 3.41. The number of carbonyl (C=O) groups excluding carboxylic acids is 2. The van der Waals surface area contributed by atoms with Gasteiger partial charge in [-0.05, 0) is 37.0 Å². The molecule has 1 amide bonds. The first kappa shape index (κ1) is 16.2. The van der Waals surface area contributed by atoms with Crippen molar-refractivity contribution in [1.82, 2.24) is 14.5 Å². The van der Waals surface area contributed by atoms with Crippen molar-refractivity contribution in [2.24, 2.45) is 5.73 Å². The molecule has 0 bridgehead atoms. The van der Waals surface area contributed by atoms with Gasteiger partial charge in [0.2, 0.25) is 5.91 Å². The minimum Gasteiger partial charge on any atom is -0.458 e. The number of aromatic nitrogens is 2. The van der Waals surface area contributed by atoms with Gasteiger partial charge in [0, 0.05) is 11.1 Å². The first-order valence-electron chi connectivity index (χ1n) is 7.08. The highest BCUT2D eigenvalue weighted by molar-refractivity contribution is 8.00. The van der Waals surface area contributed by atoms with Gasteiger partial charge in [-0.2, -0.15) is 0 Å². The molecule has 0 saturated carbocycles. The Kier molecular flexibility index (Phi) is 4.51. The van der Waals surface area contributed by atoms with E-state index in [9.17, 15) is 9.59 Å². The van der Waals surface area contributed by atoms with Gasteiger partial charge in [0.1, 0.15) is 17.1 Å². The molecule has 1 saturated heterocycles. The molecule has 2 aliphatic heterocycles. The summed E-state index contributed by atoms with van der Waals surface area (Å²) in [6.07, 6.45) is 3.29. The van der Waals surface area contributed by atoms with E-state index in [4.69, 9.17) is 10.5 Å². The van der Waals surface area contributed by atoms with Crippen molar-refractivity contribution in [2.45, 2.75) is 31.4 Å². The predicted octanol–water partition coefficient (Wildman–Crippen LogP) is 0.999. The van der Waals surface area contributed by atoms with Gasteiger partial charge >= 0.3 is 5.97 Å². The summed E-state index contributed by atoms with van der Waals surface area (Å²) in [5.41, 5.74) is 7.53. The minimum atomic E-state index is -0.560. The average Bonchev–Trinajstić information content (AvgIpc) is 3.03. The van der Waals surface area contributed by atoms with E-state index in [0.717, 1.165) is 5.57 Å². The third kappa shape index (κ3) is 3.04. The molecule has 0 aromatic carbocycles. The summed E-state index contributed by atoms with van der Waals surface area (Å²) in [7, 11) is 0. The quantitative estimate of drug-likeness (QED) is 0.637. The molecular formula is C14H16N4O3S2. The van der Waals surface area contributed by atoms with Gasteiger partial charge in [-0.3, -0.25) is 9.69 Å². The third-order valence-corrected chi connectivity index (χ3v) is 5.25. The van der Waals surface area contributed by atoms with E-state index in [1.54, 1.807) is 31.4 Å². The number of hydrogen-bond acceptors (Lipinski definition) is 8. The van der Waals surface area contributed by atoms with Crippen LogP contribution >= 0.6 is 23.3 Å². The van der Waals surface area contributed by atoms with Crippen molar-refractivity contribution in [1.29, 1.82) is 0 Å². The van der Waals surface area contributed by atoms with Crippen molar-refractivity contribution in [3.63, 3.8) is 0 Å². The molecule has 122 valence electrons. The number of β-lactam (4-membered cyclic amide) rings is 1. The Labute approximate surface area is 141 Å². The molecule has 2 N–H and O–H groups in total. The molecular weight excluding hydrogens is 336 g/mol. The fraction of sp³-hybridized carbons (Fsp3) is 0.429. The largest absolute Gasteiger partial charge is 0.458 e. The van der Waals surface area contributed by atoms with Crippen LogP contribution < -0.4 is 5.73 Å². The number of carbonyl (C=O) groups is 2. The first-order valence-corrected chi connectivity index (χ1v) is 8.97. The Morgan fingerprint density at radius 1 is 1.52 bits per heavy atom. The topological polar surface area (TPSA) is 98.4 Å². The molecule has 9 heteroatoms. The van der Waals surface area contributed by atoms with Crippen molar-refractivity contribution in [3.05, 3.63) is 28.4 Å². The molecule has 0 radical (unpaired) electrons. The highest BCUT2D eigenvalue weighted by Gasteiger charge is 2.51. The maximum Gasteiger partial charge on any atom is 0.355 e. The Morgan fingerprint density at radius 2 is 2.30 bits per heavy atom. The van der Waals surface area contributed by atoms with Gasteiger partial charge in [0.25, 0.3) is 0 Å². The highest BCUT2D eigenvalue weighted by atomic mass is 32.2. The summed E-state index contributed by atoms with van der Waals surface area (Å²) in [5.74, 6) is -0.167. The normalized spacial score (nSPS) is 24.2. The van der Waals surface area contributed by atoms with E-state index in [2.05, 4.69) is 9.59 Å². The maximum atomic E-state index is 12.4. The summed E-state index contributed by atoms with van der Waals surface area (Å²) in [4.78, 5) is 26.0. The monoisotopic (exact) mass is 352 g/mol. The standard InChI is InChI=1S/C14H16N4O3S2/c1-7(2)21-14(20)11-8(3-4-9-6-23-17-16-9)5-22-13-10(15)12(19)18(11)13/h3-4,6-7,10,13H,5,15H2,1-2H3/t10?,13-/m0/s1. The van der Waals surface area contributed by atoms with E-state index < -0.39 is 12.0 Å². The van der Waals surface area contributed by atoms with Gasteiger partial charge in [-0.25, -0.2) is 4.79 Å². The fourth-order valence-electron chi connectivity index (χ4n) is 2.36. The van der Waals surface area contributed by atoms with Crippen LogP contribution in [0.5, 0.6) is 0 Å². The second kappa shape index (κ2) is 6.42. The number of allylic oxidation sites excluding steroid dienone is 1. The fourth-order valence-corrected chi connectivity index (χ4v) is 4.04. The number of ether oxygens (including phenoxy) is 1. The molecule has 2 aliphatic rings. The first-order chi connectivity index (χ1) is 11.0. The van der Waals surface area contributed by atoms with E-state index in [0.29, 0.717) is 11.4 Å². The van der Waals surface area contributed by atoms with Gasteiger partial charge < -0.3 is 10.5 Å². The lowest BCUT2D eigenvalue weighted by atomic mass is 10.0. The molecule has 3 rings (SSSR count). The minimum absolute atomic E-state index is 0.199. The zero-order valence-corrected chi connectivity index (χ0v) is 14.3. The Bertz CT molecular complexity index is 684. The molecule has 1 aromatic rings. The lowest BCUT2D eigenvalue weighted by molar-refractivity contribution is -0.152. The summed E-state index contributed by atoms with van der Waals surface area (Å²) < 4.78 is 9.08. The summed E-state index contributed by atoms with van der Waals surface area (Å²) in [5, 5.41) is 5.53. The number of thioether (sulfide) groups is 1. The van der Waals surface area contributed by atoms with E-state index in [1.165, 1.54) is 28.2 Å². The average molecular weight is 352 g/mol. The van der Waals surface area contributed by atoms with Gasteiger partial charge in [-0.1, -0.05) is 10.6 Å². The summed E-state index contributed by atoms with van der Waals surface area (Å²) in [6, 6.07) is -0.560. The number of amides is 1. The Balaban J connectivity index is 1.94. The second-order valence-corrected chi connectivity index (χ2v) is 7.14. The molecule has 3 heterocycles. The van der Waals surface area contributed by atoms with Crippen LogP contribution in [0.4, 0.5) is 0 Å². The van der Waals surface area contributed by atoms with Crippen LogP contribution in [0, 0.1) is 0 Å². The van der Waals surface area contributed by atoms with Crippen molar-refractivity contribution in [3.8, 4) is 0 Å². The molecule has 7 nitrogen and oxygen atoms in total. The van der Waals surface area contributed by atoms with Gasteiger partial charge in [0.15, 0.2) is 0 Å². The number of hydrogen-bond donors (Lipinski definition) is 1. The number of rotatable bonds is 4. The molecule has 0 aliphatic carbocycles. The van der Waals surface area contributed by atoms with Crippen LogP contribution in [0.3, 0.4) is 0 Å². The molecule has 0 spiro atoms. The van der Waals surface area contributed by atoms with Gasteiger partial charge in [-0.15, -0.1) is 16.9 Å². The van der Waals surface area contributed by atoms with Crippen molar-refractivity contribution in [2.75, 3.05) is 5.75 Å². The van der Waals surface area contributed by atoms with Crippen LogP contribution in [0.1, 0.15) is 19.5 Å². The van der Waals surface area contributed by atoms with Crippen LogP contribution in [0.15, 0.2) is 22.7 Å². The van der Waals surface area contributed by atoms with Gasteiger partial charge in [0.05, 0.1) is 11.8 Å². The lowest BCUT2D eigenvalue weighted by Gasteiger charge is -2.48. The number of fused-ring (bicyclic) bond motifs is 1. The predicted molar refractivity (Wildman–Crippen MR) is 88.3 cm³/mol. The maximum absolute atomic E-state index is 12.4. The number of nitrogens with two attached hydrogens (primary N) is 1. The zero-order valence-electron chi connectivity index (χ0n) is 12.6. The van der Waals surface area contributed by atoms with Crippen LogP contribution in [-0.2, 0) is 14.3 Å². The van der Waals surface area contributed by atoms with E-state index in [-0.39, 0.29) is 23.1 Å². The smallest absolute Gasteiger partial charge is 0.355 e. The second-order valence-electron chi connectivity index (χ2n) is 5.43. The van der Waals surface area contributed by atoms with Crippen LogP contribution in [0.25, 0.3) is 6.08 Å². The lowest BCUT2D eigenvalue weighted by Crippen LogP contribution is -2.68. The number of nitrogens with zero attached hydrogens (tertiary/aromatic N) is 3. The molecule has 1 unspecified atom stereocenters. The summed E-state index contributed by atoms with van der Waals surface area (Å²) >= 11 is 2.79. The zero-order chi connectivity index (χ0) is 16.6. The van der Waals surface area contributed by atoms with Crippen LogP contribution in [-0.4, -0.2) is 49.6 Å². The summed E-state index contributed by atoms with van der Waals surface area (Å²) in [6.45, 7) is 3.54. The molecule has 1 fully saturated rings.